The van der Waals surface area contributed by atoms with Gasteiger partial charge in [-0.2, -0.15) is 0 Å². The normalized spacial score (nSPS) is 13.9. The van der Waals surface area contributed by atoms with Crippen molar-refractivity contribution in [2.45, 2.75) is 358 Å². The summed E-state index contributed by atoms with van der Waals surface area (Å²) in [4.78, 5) is 0. The van der Waals surface area contributed by atoms with Gasteiger partial charge in [-0.1, -0.05) is 405 Å². The molecule has 0 bridgehead atoms. The average Bonchev–Trinajstić information content (AvgIpc) is 0.771. The van der Waals surface area contributed by atoms with Gasteiger partial charge in [0.15, 0.2) is 0 Å². The van der Waals surface area contributed by atoms with E-state index in [1.165, 1.54) is 72.3 Å². The first-order valence-corrected chi connectivity index (χ1v) is 37.0. The Kier molecular flexibility index (Phi) is 31.7. The second kappa shape index (κ2) is 39.7. The molecule has 98 heavy (non-hydrogen) atoms. The minimum atomic E-state index is -1.04. The summed E-state index contributed by atoms with van der Waals surface area (Å²) in [6.07, 6.45) is 1.98. The lowest BCUT2D eigenvalue weighted by Crippen LogP contribution is -2.24. The Hall–Kier alpha value is -5.46. The lowest BCUT2D eigenvalue weighted by molar-refractivity contribution is 0.275. The van der Waals surface area contributed by atoms with E-state index in [2.05, 4.69) is 322 Å². The highest BCUT2D eigenvalue weighted by molar-refractivity contribution is 5.46. The molecule has 0 radical (unpaired) electrons. The summed E-state index contributed by atoms with van der Waals surface area (Å²) >= 11 is 0. The van der Waals surface area contributed by atoms with Crippen LogP contribution >= 0.6 is 0 Å². The molecule has 0 aromatic heterocycles. The fourth-order valence-electron chi connectivity index (χ4n) is 13.0. The third-order valence-electron chi connectivity index (χ3n) is 17.1. The maximum atomic E-state index is 8.39. The summed E-state index contributed by atoms with van der Waals surface area (Å²) in [5.41, 5.74) is 22.4. The molecular weight excluding hydrogens is 1180 g/mol. The minimum absolute atomic E-state index is 0.00185. The minimum Gasteiger partial charge on any atom is -0.0654 e. The lowest BCUT2D eigenvalue weighted by atomic mass is 9.71. The number of aryl methyl sites for hydroxylation is 6. The van der Waals surface area contributed by atoms with Crippen molar-refractivity contribution >= 4 is 0 Å². The SMILES string of the molecule is Cc1cccc(C)c1C(C)(C)C.Cc1cccc(C)c1C(C)(C)C.Cc1ccccc1C(C)(C)C.Cc1ccccc1C(C)(C)C.[2H]C(C)(C)c1cccc(C(C)(C)C)c1C(C)(C)C.[2H]C(C)(C)c1ccccc1C(C)(C)C.[2H]C([2H])(C(CC)CCC)C(C)(C)C.[2H]c1c([2H])c(C)c([2H])c(C(C)(C)C)c1[2H]. The number of rotatable bonds is 6. The molecule has 0 amide bonds. The Morgan fingerprint density at radius 1 is 0.337 bits per heavy atom. The summed E-state index contributed by atoms with van der Waals surface area (Å²) in [6.45, 7) is 85.6. The molecule has 0 aliphatic rings. The van der Waals surface area contributed by atoms with Crippen LogP contribution < -0.4 is 0 Å². The van der Waals surface area contributed by atoms with Crippen molar-refractivity contribution in [3.05, 3.63) is 246 Å². The molecule has 0 fully saturated rings. The second-order valence-corrected chi connectivity index (χ2v) is 37.2. The molecule has 0 aliphatic heterocycles. The highest BCUT2D eigenvalue weighted by atomic mass is 14.3. The van der Waals surface area contributed by atoms with Gasteiger partial charge in [-0.25, -0.2) is 0 Å². The molecule has 0 saturated carbocycles. The van der Waals surface area contributed by atoms with E-state index >= 15 is 0 Å². The molecule has 7 rings (SSSR count). The van der Waals surface area contributed by atoms with Crippen LogP contribution in [0.4, 0.5) is 0 Å². The number of hydrogen-bond donors (Lipinski definition) is 0. The molecule has 7 aromatic carbocycles. The van der Waals surface area contributed by atoms with E-state index in [0.717, 1.165) is 30.4 Å². The summed E-state index contributed by atoms with van der Waals surface area (Å²) in [6, 6.07) is 45.0. The summed E-state index contributed by atoms with van der Waals surface area (Å²) in [7, 11) is 0. The predicted molar refractivity (Wildman–Crippen MR) is 449 cm³/mol. The maximum absolute atomic E-state index is 8.39. The van der Waals surface area contributed by atoms with Gasteiger partial charge >= 0.3 is 0 Å². The van der Waals surface area contributed by atoms with Crippen molar-refractivity contribution in [1.29, 1.82) is 0 Å². The lowest BCUT2D eigenvalue weighted by Gasteiger charge is -2.33. The van der Waals surface area contributed by atoms with E-state index in [9.17, 15) is 0 Å². The Morgan fingerprint density at radius 3 is 0.908 bits per heavy atom. The Balaban J connectivity index is 0.00000119. The zero-order valence-corrected chi connectivity index (χ0v) is 71.3. The zero-order valence-electron chi connectivity index (χ0n) is 79.3. The highest BCUT2D eigenvalue weighted by Crippen LogP contribution is 2.39. The summed E-state index contributed by atoms with van der Waals surface area (Å²) in [5.74, 6) is -0.856. The van der Waals surface area contributed by atoms with Gasteiger partial charge in [0.1, 0.15) is 0 Å². The fourth-order valence-corrected chi connectivity index (χ4v) is 13.0. The van der Waals surface area contributed by atoms with E-state index in [1.807, 2.05) is 75.3 Å². The smallest absolute Gasteiger partial charge is 0.0629 e. The van der Waals surface area contributed by atoms with Crippen molar-refractivity contribution in [2.24, 2.45) is 11.3 Å². The molecule has 0 nitrogen and oxygen atoms in total. The molecule has 1 unspecified atom stereocenters. The molecular formula is C98H156. The number of hydrogen-bond acceptors (Lipinski definition) is 0. The monoisotopic (exact) mass is 1340 g/mol. The molecule has 0 spiro atoms. The maximum Gasteiger partial charge on any atom is 0.0629 e. The van der Waals surface area contributed by atoms with Gasteiger partial charge in [-0.3, -0.25) is 0 Å². The van der Waals surface area contributed by atoms with Crippen LogP contribution in [-0.2, 0) is 43.3 Å². The van der Waals surface area contributed by atoms with Crippen LogP contribution in [0.1, 0.15) is 371 Å². The Labute approximate surface area is 622 Å². The van der Waals surface area contributed by atoms with E-state index in [1.54, 1.807) is 6.92 Å². The van der Waals surface area contributed by atoms with Gasteiger partial charge in [0.05, 0.1) is 5.48 Å². The quantitative estimate of drug-likeness (QED) is 0.156. The van der Waals surface area contributed by atoms with E-state index < -0.39 is 18.2 Å². The van der Waals surface area contributed by atoms with Crippen LogP contribution in [-0.4, -0.2) is 0 Å². The Morgan fingerprint density at radius 2 is 0.643 bits per heavy atom. The van der Waals surface area contributed by atoms with Crippen LogP contribution in [0.15, 0.2) is 152 Å². The van der Waals surface area contributed by atoms with E-state index in [-0.39, 0.29) is 78.8 Å². The van der Waals surface area contributed by atoms with Crippen LogP contribution in [0, 0.1) is 59.8 Å². The number of benzene rings is 7. The van der Waals surface area contributed by atoms with Gasteiger partial charge in [0, 0.05) is 5.48 Å². The first-order chi connectivity index (χ1) is 47.4. The first kappa shape index (κ1) is 78.3. The molecule has 0 aliphatic carbocycles. The van der Waals surface area contributed by atoms with Gasteiger partial charge in [0.25, 0.3) is 0 Å². The largest absolute Gasteiger partial charge is 0.0654 e. The molecule has 0 heterocycles. The summed E-state index contributed by atoms with van der Waals surface area (Å²) < 4.78 is 63.6. The average molecular weight is 1340 g/mol. The van der Waals surface area contributed by atoms with Crippen molar-refractivity contribution < 1.29 is 11.0 Å². The molecule has 0 saturated heterocycles. The van der Waals surface area contributed by atoms with Crippen molar-refractivity contribution in [2.75, 3.05) is 0 Å². The topological polar surface area (TPSA) is 0 Å². The molecule has 1 atom stereocenters. The molecule has 0 heteroatoms. The highest BCUT2D eigenvalue weighted by Gasteiger charge is 2.29. The predicted octanol–water partition coefficient (Wildman–Crippen LogP) is 30.8. The third-order valence-corrected chi connectivity index (χ3v) is 17.1. The van der Waals surface area contributed by atoms with Gasteiger partial charge in [-0.05, 0) is 210 Å². The van der Waals surface area contributed by atoms with Crippen LogP contribution in [0.3, 0.4) is 0 Å². The van der Waals surface area contributed by atoms with Crippen LogP contribution in [0.5, 0.6) is 0 Å². The van der Waals surface area contributed by atoms with Crippen molar-refractivity contribution in [3.8, 4) is 0 Å². The first-order valence-electron chi connectivity index (χ1n) is 41.0. The second-order valence-electron chi connectivity index (χ2n) is 37.2. The zero-order chi connectivity index (χ0) is 83.7. The van der Waals surface area contributed by atoms with Crippen LogP contribution in [0.2, 0.25) is 0 Å². The van der Waals surface area contributed by atoms with E-state index in [4.69, 9.17) is 11.0 Å². The fraction of sp³-hybridized carbons (Fsp3) is 0.571. The Bertz CT molecular complexity index is 3560. The summed E-state index contributed by atoms with van der Waals surface area (Å²) in [5, 5.41) is 0. The van der Waals surface area contributed by atoms with E-state index in [0.29, 0.717) is 11.1 Å². The standard InChI is InChI=1S/C17H28.C13H20.2C12H18.3C11H16.C11H24/c1-12(2)13-10-9-11-14(16(3,4)5)15(13)17(6,7)8;1-10(2)11-8-6-7-9-12(11)13(3,4)5;2*1-9-7-6-8-10(2)11(9)12(3,4)5;1-9-6-5-7-10(8-9)11(2,3)4;2*1-9-7-5-6-8-10(9)11(2,3)4;1-6-8-10(7-2)9-11(3,4)5/h9-12H,1-8H3;6-10H,1-5H3;2*6-8H,1-5H3;3*5-8H,1-4H3;10H,6-9H2,1-5H3/i12D;10D;;;5D,6D,7D,8D;;;9D2. The molecule has 0 N–H and O–H groups in total. The van der Waals surface area contributed by atoms with Crippen LogP contribution in [0.25, 0.3) is 0 Å². The molecule has 7 aromatic rings. The third kappa shape index (κ3) is 34.3. The van der Waals surface area contributed by atoms with Crippen molar-refractivity contribution in [3.63, 3.8) is 0 Å². The molecule has 548 valence electrons. The van der Waals surface area contributed by atoms with Gasteiger partial charge in [0.2, 0.25) is 0 Å². The van der Waals surface area contributed by atoms with Crippen molar-refractivity contribution in [1.82, 2.24) is 0 Å². The van der Waals surface area contributed by atoms with Gasteiger partial charge < -0.3 is 0 Å². The van der Waals surface area contributed by atoms with Gasteiger partial charge in [-0.15, -0.1) is 0 Å².